The number of aliphatic carboxylic acids is 1. The molecule has 6 N–H and O–H groups in total. The minimum atomic E-state index is -1.08. The van der Waals surface area contributed by atoms with E-state index in [1.165, 1.54) is 82.2 Å². The number of carboxylic acids is 1. The van der Waals surface area contributed by atoms with E-state index in [2.05, 4.69) is 169 Å². The molecule has 6 heterocycles. The highest BCUT2D eigenvalue weighted by atomic mass is 16.4. The molecule has 23 rings (SSSR count). The van der Waals surface area contributed by atoms with Crippen LogP contribution in [0.5, 0.6) is 0 Å². The highest BCUT2D eigenvalue weighted by Gasteiger charge is 2.88. The van der Waals surface area contributed by atoms with Crippen LogP contribution in [0.25, 0.3) is 17.2 Å². The summed E-state index contributed by atoms with van der Waals surface area (Å²) in [5, 5.41) is 62.5. The molecule has 7 nitrogen and oxygen atoms in total. The summed E-state index contributed by atoms with van der Waals surface area (Å²) in [6.45, 7) is 4.12. The Morgan fingerprint density at radius 2 is 1.66 bits per heavy atom. The van der Waals surface area contributed by atoms with E-state index in [-0.39, 0.29) is 57.7 Å². The molecule has 0 saturated heterocycles. The number of benzene rings is 3. The first kappa shape index (κ1) is 58.1. The van der Waals surface area contributed by atoms with Crippen molar-refractivity contribution < 1.29 is 25.2 Å². The van der Waals surface area contributed by atoms with Crippen LogP contribution in [-0.4, -0.2) is 51.7 Å². The summed E-state index contributed by atoms with van der Waals surface area (Å²) in [5.74, 6) is 9.53. The highest BCUT2D eigenvalue weighted by Crippen LogP contribution is 2.93. The number of fused-ring (bicyclic) bond motifs is 1. The van der Waals surface area contributed by atoms with Crippen molar-refractivity contribution in [2.75, 3.05) is 13.1 Å². The second-order valence-electron chi connectivity index (χ2n) is 33.7. The predicted octanol–water partition coefficient (Wildman–Crippen LogP) is 15.1. The Labute approximate surface area is 551 Å². The first-order valence-electron chi connectivity index (χ1n) is 37.1. The fourth-order valence-electron chi connectivity index (χ4n) is 28.4. The molecule has 3 aromatic rings. The summed E-state index contributed by atoms with van der Waals surface area (Å²) in [5.41, 5.74) is 8.57. The summed E-state index contributed by atoms with van der Waals surface area (Å²) in [7, 11) is 0. The molecular formula is C86H96N2O5. The van der Waals surface area contributed by atoms with Crippen molar-refractivity contribution in [1.29, 1.82) is 0 Å². The second kappa shape index (κ2) is 20.6. The van der Waals surface area contributed by atoms with Gasteiger partial charge in [-0.05, 0) is 235 Å². The van der Waals surface area contributed by atoms with Gasteiger partial charge in [0.05, 0.1) is 30.2 Å². The molecule has 20 bridgehead atoms. The summed E-state index contributed by atoms with van der Waals surface area (Å²) >= 11 is 0. The van der Waals surface area contributed by atoms with E-state index < -0.39 is 51.2 Å². The maximum absolute atomic E-state index is 15.5. The van der Waals surface area contributed by atoms with E-state index in [4.69, 9.17) is 0 Å². The molecule has 6 saturated carbocycles. The van der Waals surface area contributed by atoms with Crippen LogP contribution >= 0.6 is 0 Å². The first-order chi connectivity index (χ1) is 45.4. The van der Waals surface area contributed by atoms with Crippen molar-refractivity contribution in [3.05, 3.63) is 195 Å². The van der Waals surface area contributed by atoms with Crippen molar-refractivity contribution in [3.63, 3.8) is 0 Å². The average Bonchev–Trinajstić information content (AvgIpc) is 1.51. The predicted molar refractivity (Wildman–Crippen MR) is 367 cm³/mol. The summed E-state index contributed by atoms with van der Waals surface area (Å²) in [6, 6.07) is 30.0. The molecular weight excluding hydrogens is 1140 g/mol. The average molecular weight is 1240 g/mol. The third-order valence-corrected chi connectivity index (χ3v) is 31.2. The molecule has 14 aliphatic carbocycles. The Kier molecular flexibility index (Phi) is 12.9. The Hall–Kier alpha value is -6.33. The molecule has 0 amide bonds. The van der Waals surface area contributed by atoms with Crippen LogP contribution in [0.3, 0.4) is 0 Å². The van der Waals surface area contributed by atoms with Gasteiger partial charge >= 0.3 is 5.97 Å². The molecule has 6 aliphatic heterocycles. The number of allylic oxidation sites excluding steroid dienone is 12. The topological polar surface area (TPSA) is 122 Å². The number of carbonyl (C=O) groups is 1. The van der Waals surface area contributed by atoms with Crippen molar-refractivity contribution in [2.24, 2.45) is 102 Å². The molecule has 20 atom stereocenters. The zero-order chi connectivity index (χ0) is 62.5. The standard InChI is InChI=1S/C86H96N2O5/c1-79-63-45-62-28-27-61-42-54(41-53-15-4-2-5-16-53)47-82(61)38-39-84(62)72(82)31-37-85(79)68(77(92)93)29-25-60(52-89)64(55-17-6-3-7-18-55)24-13-40-87-75-30-26-59(51-88-75)56-20-12-21-57(43-56)65-23-10-11-34-81-35-14-33-80-48-67-69(44-58-19-8-9-22-66(58)76(65)67)83(78(80)81,36-32-73(81)90)70(46-63)71(49-80)86(79,84)50-74(85)91/h2,4-5,8-9,12,14-16,19-22,26-28,30-31,33,37,43-44,48,52,54-55,61-65,68-69,72-74,78,87-91H,3,6-7,13,17-18,23-25,29,32,34-36,38-42,45-47,49-51H2,1H3,(H,92,93)/b60-52+/t54-,61+,62+,63-,64-,65+,68-,69+,72+,73-,74+,78?,79+,80+,81+,82+,83-,84-,85-,86+/m0/s1. The number of nitrogens with one attached hydrogen (secondary N) is 2. The molecule has 0 radical (unpaired) electrons. The van der Waals surface area contributed by atoms with E-state index >= 15 is 4.79 Å². The Morgan fingerprint density at radius 3 is 2.51 bits per heavy atom. The number of dihydropyridines is 1. The van der Waals surface area contributed by atoms with E-state index in [0.717, 1.165) is 95.0 Å². The van der Waals surface area contributed by atoms with Crippen LogP contribution < -0.4 is 21.1 Å². The van der Waals surface area contributed by atoms with Crippen LogP contribution in [-0.2, 0) is 11.2 Å². The van der Waals surface area contributed by atoms with Gasteiger partial charge in [0, 0.05) is 64.8 Å². The van der Waals surface area contributed by atoms with Crippen LogP contribution in [0.1, 0.15) is 171 Å². The van der Waals surface area contributed by atoms with Gasteiger partial charge in [-0.15, -0.1) is 11.8 Å². The first-order valence-corrected chi connectivity index (χ1v) is 37.1. The van der Waals surface area contributed by atoms with E-state index in [1.54, 1.807) is 11.1 Å². The maximum Gasteiger partial charge on any atom is 0.307 e. The fourth-order valence-corrected chi connectivity index (χ4v) is 28.4. The van der Waals surface area contributed by atoms with Gasteiger partial charge in [-0.25, -0.2) is 0 Å². The summed E-state index contributed by atoms with van der Waals surface area (Å²) in [4.78, 5) is 15.5. The third kappa shape index (κ3) is 7.35. The lowest BCUT2D eigenvalue weighted by Crippen LogP contribution is -2.72. The Balaban J connectivity index is 0.877. The van der Waals surface area contributed by atoms with Crippen LogP contribution in [0.4, 0.5) is 0 Å². The fraction of sp³-hybridized carbons (Fsp3) is 0.547. The van der Waals surface area contributed by atoms with E-state index in [0.29, 0.717) is 62.8 Å². The van der Waals surface area contributed by atoms with Crippen LogP contribution in [0.15, 0.2) is 168 Å². The zero-order valence-electron chi connectivity index (χ0n) is 54.7. The Morgan fingerprint density at radius 1 is 0.796 bits per heavy atom. The Bertz CT molecular complexity index is 4140. The maximum atomic E-state index is 15.5. The highest BCUT2D eigenvalue weighted by molar-refractivity contribution is 5.81. The van der Waals surface area contributed by atoms with Gasteiger partial charge in [0.2, 0.25) is 0 Å². The zero-order valence-corrected chi connectivity index (χ0v) is 54.7. The number of aliphatic hydroxyl groups excluding tert-OH is 3. The largest absolute Gasteiger partial charge is 0.516 e. The number of hydrogen-bond donors (Lipinski definition) is 6. The van der Waals surface area contributed by atoms with E-state index in [9.17, 15) is 20.4 Å². The number of hydrogen-bond acceptors (Lipinski definition) is 6. The lowest BCUT2D eigenvalue weighted by Gasteiger charge is -2.77. The molecule has 1 unspecified atom stereocenters. The lowest BCUT2D eigenvalue weighted by molar-refractivity contribution is -0.219. The minimum absolute atomic E-state index is 0.00446. The molecule has 3 aromatic carbocycles. The van der Waals surface area contributed by atoms with Gasteiger partial charge in [0.15, 0.2) is 0 Å². The third-order valence-electron chi connectivity index (χ3n) is 31.2. The van der Waals surface area contributed by atoms with Crippen molar-refractivity contribution in [1.82, 2.24) is 10.6 Å². The van der Waals surface area contributed by atoms with Gasteiger partial charge in [-0.2, -0.15) is 0 Å². The number of rotatable bonds is 4. The van der Waals surface area contributed by atoms with Crippen molar-refractivity contribution >= 4 is 23.2 Å². The molecule has 93 heavy (non-hydrogen) atoms. The molecule has 480 valence electrons. The molecule has 7 heteroatoms. The van der Waals surface area contributed by atoms with Gasteiger partial charge in [-0.1, -0.05) is 171 Å². The second-order valence-corrected chi connectivity index (χ2v) is 33.7. The van der Waals surface area contributed by atoms with E-state index in [1.807, 2.05) is 0 Å². The van der Waals surface area contributed by atoms with Gasteiger partial charge in [-0.3, -0.25) is 4.79 Å². The van der Waals surface area contributed by atoms with Crippen molar-refractivity contribution in [2.45, 2.75) is 173 Å². The number of aliphatic hydroxyl groups is 3. The molecule has 0 aromatic heterocycles. The SMILES string of the molecule is C[C@@]12[C@@H]3CC4=C5C[C@@]67C=CC[C@]89CC#CC[C@@H](C%10=c%11ccccc%11=C[C@H](C%10=C6)[C@]4(CC[C@@H]8O)C79)c4cccc(c4)C4=CC=C(NCCC[C@@H](C6CCCCC6)/C(=C/O)CC[C@@H](C(=O)O)[C@]16C=C[C@@H]1[C@@]78CC[C@@]1([C@H](C=C[C@@H]7C[C@H](Cc1ccccc1)C8)C3)[C@]52C[C@H]6O)NC4. The molecule has 4 spiro atoms. The number of carboxylic acid groups (broad SMARTS) is 1. The van der Waals surface area contributed by atoms with Gasteiger partial charge in [0.25, 0.3) is 0 Å². The minimum Gasteiger partial charge on any atom is -0.516 e. The van der Waals surface area contributed by atoms with Crippen LogP contribution in [0.2, 0.25) is 0 Å². The lowest BCUT2D eigenvalue weighted by atomic mass is 9.25. The van der Waals surface area contributed by atoms with Crippen LogP contribution in [0, 0.1) is 114 Å². The normalized spacial score (nSPS) is 45.3. The monoisotopic (exact) mass is 1240 g/mol. The molecule has 6 fully saturated rings. The van der Waals surface area contributed by atoms with Gasteiger partial charge in [0.1, 0.15) is 0 Å². The molecule has 20 aliphatic rings. The van der Waals surface area contributed by atoms with Gasteiger partial charge < -0.3 is 31.1 Å². The smallest absolute Gasteiger partial charge is 0.307 e. The summed E-state index contributed by atoms with van der Waals surface area (Å²) in [6.07, 6.45) is 47.3. The van der Waals surface area contributed by atoms with Crippen molar-refractivity contribution in [3.8, 4) is 11.8 Å². The summed E-state index contributed by atoms with van der Waals surface area (Å²) < 4.78 is 0. The quantitative estimate of drug-likeness (QED) is 0.0874.